The highest BCUT2D eigenvalue weighted by Crippen LogP contribution is 2.41. The number of benzene rings is 3. The number of hydrogen-bond donors (Lipinski definition) is 1. The molecule has 6 heteroatoms. The molecule has 6 nitrogen and oxygen atoms in total. The van der Waals surface area contributed by atoms with Crippen molar-refractivity contribution in [3.63, 3.8) is 0 Å². The van der Waals surface area contributed by atoms with E-state index in [9.17, 15) is 15.2 Å². The standard InChI is InChI=1S/C33H33N3O3/c1-5-8-30-35-32(38)31(24-15-16-29-27(17-24)28(37)18-33(3,4)39-29)21(2)36(30)20-22-11-13-23(14-12-22)26-10-7-6-9-25(26)19-34/h6-7,9-17,28,37H,5,8,18,20H2,1-4H3. The Morgan fingerprint density at radius 1 is 1.10 bits per heavy atom. The van der Waals surface area contributed by atoms with Crippen molar-refractivity contribution in [2.75, 3.05) is 0 Å². The van der Waals surface area contributed by atoms with E-state index in [4.69, 9.17) is 4.74 Å². The number of rotatable bonds is 6. The average Bonchev–Trinajstić information content (AvgIpc) is 2.91. The minimum atomic E-state index is -0.664. The molecule has 198 valence electrons. The predicted octanol–water partition coefficient (Wildman–Crippen LogP) is 6.35. The van der Waals surface area contributed by atoms with Crippen molar-refractivity contribution in [1.29, 1.82) is 5.26 Å². The van der Waals surface area contributed by atoms with Crippen LogP contribution in [0.1, 0.15) is 67.9 Å². The average molecular weight is 520 g/mol. The van der Waals surface area contributed by atoms with Crippen molar-refractivity contribution >= 4 is 0 Å². The second kappa shape index (κ2) is 10.5. The summed E-state index contributed by atoms with van der Waals surface area (Å²) >= 11 is 0. The van der Waals surface area contributed by atoms with Crippen LogP contribution in [0.15, 0.2) is 71.5 Å². The summed E-state index contributed by atoms with van der Waals surface area (Å²) in [6.45, 7) is 8.52. The van der Waals surface area contributed by atoms with Gasteiger partial charge in [-0.15, -0.1) is 0 Å². The topological polar surface area (TPSA) is 88.1 Å². The van der Waals surface area contributed by atoms with Crippen LogP contribution in [0.5, 0.6) is 5.75 Å². The lowest BCUT2D eigenvalue weighted by atomic mass is 9.90. The summed E-state index contributed by atoms with van der Waals surface area (Å²) in [5.74, 6) is 1.40. The molecule has 1 N–H and O–H groups in total. The summed E-state index contributed by atoms with van der Waals surface area (Å²) in [6, 6.07) is 23.6. The number of aryl methyl sites for hydroxylation is 1. The summed E-state index contributed by atoms with van der Waals surface area (Å²) < 4.78 is 8.19. The molecule has 0 saturated heterocycles. The zero-order chi connectivity index (χ0) is 27.7. The summed E-state index contributed by atoms with van der Waals surface area (Å²) in [7, 11) is 0. The van der Waals surface area contributed by atoms with Crippen LogP contribution in [0, 0.1) is 18.3 Å². The number of hydrogen-bond acceptors (Lipinski definition) is 5. The van der Waals surface area contributed by atoms with E-state index in [2.05, 4.69) is 34.7 Å². The van der Waals surface area contributed by atoms with E-state index in [1.165, 1.54) is 0 Å². The first-order valence-electron chi connectivity index (χ1n) is 13.4. The Hall–Kier alpha value is -4.21. The maximum atomic E-state index is 13.3. The lowest BCUT2D eigenvalue weighted by Crippen LogP contribution is -2.34. The third-order valence-corrected chi connectivity index (χ3v) is 7.38. The van der Waals surface area contributed by atoms with Crippen molar-refractivity contribution in [1.82, 2.24) is 9.55 Å². The minimum Gasteiger partial charge on any atom is -0.487 e. The van der Waals surface area contributed by atoms with Gasteiger partial charge >= 0.3 is 0 Å². The number of fused-ring (bicyclic) bond motifs is 1. The SMILES string of the molecule is CCCc1nc(=O)c(-c2ccc3c(c2)C(O)CC(C)(C)O3)c(C)n1Cc1ccc(-c2ccccc2C#N)cc1. The highest BCUT2D eigenvalue weighted by Gasteiger charge is 2.33. The number of aliphatic hydroxyl groups is 1. The lowest BCUT2D eigenvalue weighted by molar-refractivity contribution is 0.0116. The maximum Gasteiger partial charge on any atom is 0.281 e. The number of aliphatic hydroxyl groups excluding tert-OH is 1. The largest absolute Gasteiger partial charge is 0.487 e. The Labute approximate surface area is 229 Å². The van der Waals surface area contributed by atoms with Gasteiger partial charge < -0.3 is 14.4 Å². The predicted molar refractivity (Wildman–Crippen MR) is 153 cm³/mol. The van der Waals surface area contributed by atoms with Gasteiger partial charge in [-0.2, -0.15) is 10.2 Å². The molecule has 0 bridgehead atoms. The molecule has 1 aromatic heterocycles. The van der Waals surface area contributed by atoms with E-state index in [0.29, 0.717) is 41.8 Å². The van der Waals surface area contributed by atoms with Gasteiger partial charge in [0.15, 0.2) is 0 Å². The zero-order valence-corrected chi connectivity index (χ0v) is 22.9. The smallest absolute Gasteiger partial charge is 0.281 e. The van der Waals surface area contributed by atoms with Crippen LogP contribution in [0.3, 0.4) is 0 Å². The molecule has 0 saturated carbocycles. The molecule has 1 atom stereocenters. The van der Waals surface area contributed by atoms with Crippen LogP contribution >= 0.6 is 0 Å². The third kappa shape index (κ3) is 5.23. The second-order valence-corrected chi connectivity index (χ2v) is 10.8. The second-order valence-electron chi connectivity index (χ2n) is 10.8. The van der Waals surface area contributed by atoms with Crippen LogP contribution in [-0.2, 0) is 13.0 Å². The van der Waals surface area contributed by atoms with E-state index in [1.807, 2.05) is 75.4 Å². The van der Waals surface area contributed by atoms with Crippen molar-refractivity contribution in [3.8, 4) is 34.1 Å². The van der Waals surface area contributed by atoms with E-state index < -0.39 is 11.7 Å². The fourth-order valence-corrected chi connectivity index (χ4v) is 5.45. The maximum absolute atomic E-state index is 13.3. The quantitative estimate of drug-likeness (QED) is 0.321. The molecule has 0 fully saturated rings. The number of nitriles is 1. The highest BCUT2D eigenvalue weighted by molar-refractivity contribution is 5.71. The van der Waals surface area contributed by atoms with Gasteiger partial charge in [-0.05, 0) is 67.6 Å². The van der Waals surface area contributed by atoms with Gasteiger partial charge in [-0.25, -0.2) is 0 Å². The Balaban J connectivity index is 1.54. The molecule has 0 radical (unpaired) electrons. The molecule has 2 heterocycles. The van der Waals surface area contributed by atoms with Crippen LogP contribution < -0.4 is 10.3 Å². The van der Waals surface area contributed by atoms with Gasteiger partial charge in [0, 0.05) is 30.6 Å². The molecule has 3 aromatic carbocycles. The number of ether oxygens (including phenoxy) is 1. The fourth-order valence-electron chi connectivity index (χ4n) is 5.45. The lowest BCUT2D eigenvalue weighted by Gasteiger charge is -2.35. The normalized spacial score (nSPS) is 15.7. The van der Waals surface area contributed by atoms with Crippen LogP contribution in [-0.4, -0.2) is 20.3 Å². The molecule has 0 aliphatic carbocycles. The molecule has 1 unspecified atom stereocenters. The third-order valence-electron chi connectivity index (χ3n) is 7.38. The van der Waals surface area contributed by atoms with E-state index in [1.54, 1.807) is 0 Å². The molecule has 0 amide bonds. The van der Waals surface area contributed by atoms with E-state index in [-0.39, 0.29) is 5.56 Å². The molecular formula is C33H33N3O3. The highest BCUT2D eigenvalue weighted by atomic mass is 16.5. The summed E-state index contributed by atoms with van der Waals surface area (Å²) in [5, 5.41) is 20.3. The summed E-state index contributed by atoms with van der Waals surface area (Å²) in [4.78, 5) is 17.8. The Morgan fingerprint density at radius 2 is 1.82 bits per heavy atom. The van der Waals surface area contributed by atoms with Crippen molar-refractivity contribution in [2.45, 2.75) is 65.2 Å². The first-order chi connectivity index (χ1) is 18.7. The van der Waals surface area contributed by atoms with Gasteiger partial charge in [0.2, 0.25) is 0 Å². The molecule has 4 aromatic rings. The minimum absolute atomic E-state index is 0.262. The van der Waals surface area contributed by atoms with E-state index >= 15 is 0 Å². The summed E-state index contributed by atoms with van der Waals surface area (Å²) in [5.41, 5.74) is 5.69. The van der Waals surface area contributed by atoms with Crippen molar-refractivity contribution in [3.05, 3.63) is 105 Å². The fraction of sp³-hybridized carbons (Fsp3) is 0.303. The Kier molecular flexibility index (Phi) is 7.12. The monoisotopic (exact) mass is 519 g/mol. The molecular weight excluding hydrogens is 486 g/mol. The van der Waals surface area contributed by atoms with Crippen LogP contribution in [0.4, 0.5) is 0 Å². The molecule has 39 heavy (non-hydrogen) atoms. The van der Waals surface area contributed by atoms with Gasteiger partial charge in [0.25, 0.3) is 5.56 Å². The van der Waals surface area contributed by atoms with E-state index in [0.717, 1.165) is 40.2 Å². The summed E-state index contributed by atoms with van der Waals surface area (Å²) in [6.07, 6.45) is 1.38. The first kappa shape index (κ1) is 26.4. The Morgan fingerprint density at radius 3 is 2.54 bits per heavy atom. The molecule has 0 spiro atoms. The van der Waals surface area contributed by atoms with Gasteiger partial charge in [0.05, 0.1) is 23.3 Å². The zero-order valence-electron chi connectivity index (χ0n) is 22.9. The Bertz CT molecular complexity index is 1630. The van der Waals surface area contributed by atoms with Gasteiger partial charge in [0.1, 0.15) is 17.2 Å². The van der Waals surface area contributed by atoms with Gasteiger partial charge in [-0.1, -0.05) is 55.5 Å². The first-order valence-corrected chi connectivity index (χ1v) is 13.4. The number of aromatic nitrogens is 2. The van der Waals surface area contributed by atoms with Crippen molar-refractivity contribution < 1.29 is 9.84 Å². The van der Waals surface area contributed by atoms with Gasteiger partial charge in [-0.3, -0.25) is 4.79 Å². The molecule has 5 rings (SSSR count). The van der Waals surface area contributed by atoms with Crippen molar-refractivity contribution in [2.24, 2.45) is 0 Å². The van der Waals surface area contributed by atoms with Crippen LogP contribution in [0.2, 0.25) is 0 Å². The molecule has 1 aliphatic heterocycles. The van der Waals surface area contributed by atoms with Crippen LogP contribution in [0.25, 0.3) is 22.3 Å². The number of nitrogens with zero attached hydrogens (tertiary/aromatic N) is 3. The molecule has 1 aliphatic rings.